The number of halogens is 2. The maximum Gasteiger partial charge on any atom is 0.265 e. The van der Waals surface area contributed by atoms with E-state index in [0.717, 1.165) is 5.69 Å². The highest BCUT2D eigenvalue weighted by atomic mass is 19.3. The Morgan fingerprint density at radius 1 is 1.25 bits per heavy atom. The van der Waals surface area contributed by atoms with E-state index in [1.807, 2.05) is 13.8 Å². The molecule has 0 aromatic carbocycles. The van der Waals surface area contributed by atoms with Crippen molar-refractivity contribution in [2.75, 3.05) is 0 Å². The number of pyridine rings is 1. The van der Waals surface area contributed by atoms with Crippen molar-refractivity contribution in [1.82, 2.24) is 4.98 Å². The molecule has 1 aromatic heterocycles. The van der Waals surface area contributed by atoms with E-state index in [1.54, 1.807) is 13.0 Å². The van der Waals surface area contributed by atoms with Crippen LogP contribution in [0.4, 0.5) is 8.78 Å². The van der Waals surface area contributed by atoms with Gasteiger partial charge < -0.3 is 0 Å². The number of rotatable bonds is 1. The molecule has 3 heteroatoms. The smallest absolute Gasteiger partial charge is 0.261 e. The molecule has 1 aromatic rings. The van der Waals surface area contributed by atoms with Crippen LogP contribution >= 0.6 is 0 Å². The van der Waals surface area contributed by atoms with Gasteiger partial charge >= 0.3 is 0 Å². The van der Waals surface area contributed by atoms with E-state index in [4.69, 9.17) is 0 Å². The van der Waals surface area contributed by atoms with Crippen molar-refractivity contribution >= 4 is 0 Å². The van der Waals surface area contributed by atoms with E-state index in [9.17, 15) is 8.78 Å². The van der Waals surface area contributed by atoms with E-state index >= 15 is 0 Å². The average molecular weight is 173 g/mol. The molecule has 0 unspecified atom stereocenters. The number of aryl methyl sites for hydroxylation is 1. The van der Waals surface area contributed by atoms with E-state index in [0.29, 0.717) is 0 Å². The highest BCUT2D eigenvalue weighted by molar-refractivity contribution is 5.13. The van der Waals surface area contributed by atoms with Crippen LogP contribution in [0.5, 0.6) is 0 Å². The maximum absolute atomic E-state index is 11.9. The summed E-state index contributed by atoms with van der Waals surface area (Å²) in [6.07, 6.45) is -1.21. The molecular formula is C9H13F2N. The van der Waals surface area contributed by atoms with Crippen LogP contribution in [0.25, 0.3) is 0 Å². The molecule has 0 bridgehead atoms. The van der Waals surface area contributed by atoms with E-state index < -0.39 is 6.43 Å². The van der Waals surface area contributed by atoms with Gasteiger partial charge in [-0.25, -0.2) is 8.78 Å². The maximum atomic E-state index is 11.9. The number of hydrogen-bond acceptors (Lipinski definition) is 1. The molecule has 1 nitrogen and oxygen atoms in total. The summed E-state index contributed by atoms with van der Waals surface area (Å²) in [5.74, 6) is 0. The Kier molecular flexibility index (Phi) is 5.17. The monoisotopic (exact) mass is 173 g/mol. The van der Waals surface area contributed by atoms with Crippen LogP contribution in [0.1, 0.15) is 31.5 Å². The molecule has 12 heavy (non-hydrogen) atoms. The summed E-state index contributed by atoms with van der Waals surface area (Å²) in [7, 11) is 0. The fourth-order valence-electron chi connectivity index (χ4n) is 0.608. The first-order valence-electron chi connectivity index (χ1n) is 3.91. The minimum Gasteiger partial charge on any atom is -0.261 e. The first-order valence-corrected chi connectivity index (χ1v) is 3.91. The van der Waals surface area contributed by atoms with Crippen molar-refractivity contribution in [3.05, 3.63) is 29.6 Å². The molecule has 0 atom stereocenters. The molecule has 0 N–H and O–H groups in total. The van der Waals surface area contributed by atoms with Gasteiger partial charge in [0.05, 0.1) is 0 Å². The number of aromatic nitrogens is 1. The van der Waals surface area contributed by atoms with Crippen molar-refractivity contribution in [2.45, 2.75) is 27.2 Å². The molecule has 0 aliphatic heterocycles. The van der Waals surface area contributed by atoms with Gasteiger partial charge in [0.25, 0.3) is 6.43 Å². The van der Waals surface area contributed by atoms with Crippen molar-refractivity contribution < 1.29 is 8.78 Å². The van der Waals surface area contributed by atoms with Gasteiger partial charge in [0.2, 0.25) is 0 Å². The lowest BCUT2D eigenvalue weighted by molar-refractivity contribution is 0.151. The molecule has 0 amide bonds. The van der Waals surface area contributed by atoms with Crippen molar-refractivity contribution in [2.24, 2.45) is 0 Å². The summed E-state index contributed by atoms with van der Waals surface area (Å²) in [6, 6.07) is 2.95. The Labute approximate surface area is 71.4 Å². The van der Waals surface area contributed by atoms with Crippen LogP contribution in [0.3, 0.4) is 0 Å². The topological polar surface area (TPSA) is 12.9 Å². The van der Waals surface area contributed by atoms with Crippen LogP contribution < -0.4 is 0 Å². The zero-order valence-corrected chi connectivity index (χ0v) is 7.51. The number of hydrogen-bond donors (Lipinski definition) is 0. The number of alkyl halides is 2. The molecule has 0 saturated carbocycles. The van der Waals surface area contributed by atoms with Gasteiger partial charge in [0.15, 0.2) is 0 Å². The van der Waals surface area contributed by atoms with Crippen molar-refractivity contribution in [1.29, 1.82) is 0 Å². The Hall–Kier alpha value is -0.990. The molecule has 1 rings (SSSR count). The second kappa shape index (κ2) is 5.63. The Bertz CT molecular complexity index is 206. The normalized spacial score (nSPS) is 9.17. The molecule has 0 aliphatic carbocycles. The van der Waals surface area contributed by atoms with Gasteiger partial charge in [-0.3, -0.25) is 4.98 Å². The van der Waals surface area contributed by atoms with Crippen LogP contribution in [0, 0.1) is 6.92 Å². The van der Waals surface area contributed by atoms with Gasteiger partial charge in [0, 0.05) is 17.5 Å². The molecule has 0 spiro atoms. The molecular weight excluding hydrogens is 160 g/mol. The van der Waals surface area contributed by atoms with Crippen LogP contribution in [-0.2, 0) is 0 Å². The van der Waals surface area contributed by atoms with Gasteiger partial charge in [-0.1, -0.05) is 19.9 Å². The zero-order chi connectivity index (χ0) is 9.56. The fraction of sp³-hybridized carbons (Fsp3) is 0.444. The average Bonchev–Trinajstić information content (AvgIpc) is 2.09. The quantitative estimate of drug-likeness (QED) is 0.634. The fourth-order valence-corrected chi connectivity index (χ4v) is 0.608. The van der Waals surface area contributed by atoms with Gasteiger partial charge in [0.1, 0.15) is 0 Å². The summed E-state index contributed by atoms with van der Waals surface area (Å²) in [5.41, 5.74) is 0.731. The molecule has 0 radical (unpaired) electrons. The van der Waals surface area contributed by atoms with Crippen LogP contribution in [0.15, 0.2) is 18.3 Å². The van der Waals surface area contributed by atoms with Gasteiger partial charge in [-0.15, -0.1) is 0 Å². The largest absolute Gasteiger partial charge is 0.265 e. The Morgan fingerprint density at radius 3 is 2.17 bits per heavy atom. The van der Waals surface area contributed by atoms with Crippen molar-refractivity contribution in [3.8, 4) is 0 Å². The summed E-state index contributed by atoms with van der Waals surface area (Å²) in [5, 5.41) is 0. The summed E-state index contributed by atoms with van der Waals surface area (Å²) >= 11 is 0. The summed E-state index contributed by atoms with van der Waals surface area (Å²) in [6.45, 7) is 5.76. The molecule has 68 valence electrons. The molecule has 0 aliphatic rings. The van der Waals surface area contributed by atoms with Gasteiger partial charge in [-0.05, 0) is 13.0 Å². The minimum absolute atomic E-state index is 0.0226. The van der Waals surface area contributed by atoms with E-state index in [1.165, 1.54) is 12.3 Å². The minimum atomic E-state index is -2.41. The molecule has 0 fully saturated rings. The standard InChI is InChI=1S/C7H7F2N.C2H6/c1-5-2-3-6(4-10-5)7(8)9;1-2/h2-4,7H,1H3;1-2H3. The van der Waals surface area contributed by atoms with Crippen LogP contribution in [-0.4, -0.2) is 4.98 Å². The lowest BCUT2D eigenvalue weighted by Crippen LogP contribution is -1.86. The third-order valence-corrected chi connectivity index (χ3v) is 1.19. The second-order valence-corrected chi connectivity index (χ2v) is 2.03. The van der Waals surface area contributed by atoms with Crippen LogP contribution in [0.2, 0.25) is 0 Å². The highest BCUT2D eigenvalue weighted by Gasteiger charge is 2.04. The lowest BCUT2D eigenvalue weighted by atomic mass is 10.3. The van der Waals surface area contributed by atoms with Crippen molar-refractivity contribution in [3.63, 3.8) is 0 Å². The third-order valence-electron chi connectivity index (χ3n) is 1.19. The third kappa shape index (κ3) is 3.42. The zero-order valence-electron chi connectivity index (χ0n) is 7.51. The SMILES string of the molecule is CC.Cc1ccc(C(F)F)cn1. The van der Waals surface area contributed by atoms with E-state index in [-0.39, 0.29) is 5.56 Å². The first kappa shape index (κ1) is 11.0. The molecule has 1 heterocycles. The predicted molar refractivity (Wildman–Crippen MR) is 45.3 cm³/mol. The summed E-state index contributed by atoms with van der Waals surface area (Å²) in [4.78, 5) is 3.72. The van der Waals surface area contributed by atoms with E-state index in [2.05, 4.69) is 4.98 Å². The predicted octanol–water partition coefficient (Wildman–Crippen LogP) is 3.35. The second-order valence-electron chi connectivity index (χ2n) is 2.03. The Morgan fingerprint density at radius 2 is 1.83 bits per heavy atom. The first-order chi connectivity index (χ1) is 5.70. The lowest BCUT2D eigenvalue weighted by Gasteiger charge is -1.96. The summed E-state index contributed by atoms with van der Waals surface area (Å²) < 4.78 is 23.7. The molecule has 0 saturated heterocycles. The number of nitrogens with zero attached hydrogens (tertiary/aromatic N) is 1. The van der Waals surface area contributed by atoms with Gasteiger partial charge in [-0.2, -0.15) is 0 Å². The Balaban J connectivity index is 0.000000561. The highest BCUT2D eigenvalue weighted by Crippen LogP contribution is 2.16.